The van der Waals surface area contributed by atoms with Crippen molar-refractivity contribution in [2.45, 2.75) is 40.2 Å². The average Bonchev–Trinajstić information content (AvgIpc) is 2.95. The molecule has 0 atom stereocenters. The Bertz CT molecular complexity index is 1740. The molecule has 1 aliphatic heterocycles. The van der Waals surface area contributed by atoms with Crippen LogP contribution in [0.25, 0.3) is 21.7 Å². The number of benzene rings is 3. The van der Waals surface area contributed by atoms with Gasteiger partial charge in [0.15, 0.2) is 0 Å². The van der Waals surface area contributed by atoms with Gasteiger partial charge in [0.05, 0.1) is 30.3 Å². The lowest BCUT2D eigenvalue weighted by molar-refractivity contribution is -0.139. The fraction of sp³-hybridized carbons (Fsp3) is 0.242. The molecule has 3 aromatic carbocycles. The molecule has 1 N–H and O–H groups in total. The highest BCUT2D eigenvalue weighted by atomic mass is 16.5. The molecule has 0 bridgehead atoms. The van der Waals surface area contributed by atoms with E-state index in [1.54, 1.807) is 52.0 Å². The summed E-state index contributed by atoms with van der Waals surface area (Å²) in [5.41, 5.74) is 3.22. The van der Waals surface area contributed by atoms with Gasteiger partial charge in [-0.25, -0.2) is 14.4 Å². The topological polar surface area (TPSA) is 104 Å². The van der Waals surface area contributed by atoms with Gasteiger partial charge in [0.25, 0.3) is 0 Å². The highest BCUT2D eigenvalue weighted by Gasteiger charge is 2.38. The molecule has 0 amide bonds. The van der Waals surface area contributed by atoms with Crippen molar-refractivity contribution in [2.24, 2.45) is 0 Å². The van der Waals surface area contributed by atoms with Crippen molar-refractivity contribution in [2.75, 3.05) is 13.2 Å². The van der Waals surface area contributed by atoms with E-state index in [0.29, 0.717) is 45.0 Å². The van der Waals surface area contributed by atoms with Crippen molar-refractivity contribution < 1.29 is 28.2 Å². The molecule has 1 aliphatic rings. The SMILES string of the molecule is CCOC(=O)C1=C(C)NC(C)=C(C(=O)OCC)C1c1cccc(OCc2cc(=O)oc3ccc4ccccc4c23)c1. The van der Waals surface area contributed by atoms with Crippen molar-refractivity contribution in [1.29, 1.82) is 0 Å². The maximum atomic E-state index is 13.1. The smallest absolute Gasteiger partial charge is 0.336 e. The first-order chi connectivity index (χ1) is 19.8. The molecular formula is C33H31NO7. The van der Waals surface area contributed by atoms with Gasteiger partial charge in [-0.2, -0.15) is 0 Å². The van der Waals surface area contributed by atoms with Crippen molar-refractivity contribution in [3.05, 3.63) is 111 Å². The summed E-state index contributed by atoms with van der Waals surface area (Å²) in [7, 11) is 0. The van der Waals surface area contributed by atoms with Gasteiger partial charge in [-0.15, -0.1) is 0 Å². The van der Waals surface area contributed by atoms with E-state index in [4.69, 9.17) is 18.6 Å². The Morgan fingerprint density at radius 1 is 0.854 bits per heavy atom. The third kappa shape index (κ3) is 5.45. The van der Waals surface area contributed by atoms with Gasteiger partial charge in [0.2, 0.25) is 0 Å². The number of hydrogen-bond donors (Lipinski definition) is 1. The van der Waals surface area contributed by atoms with E-state index < -0.39 is 23.5 Å². The van der Waals surface area contributed by atoms with Gasteiger partial charge in [-0.1, -0.05) is 42.5 Å². The maximum absolute atomic E-state index is 13.1. The fourth-order valence-corrected chi connectivity index (χ4v) is 5.37. The van der Waals surface area contributed by atoms with Crippen molar-refractivity contribution in [1.82, 2.24) is 5.32 Å². The van der Waals surface area contributed by atoms with Crippen LogP contribution in [0.5, 0.6) is 5.75 Å². The molecule has 5 rings (SSSR count). The van der Waals surface area contributed by atoms with Crippen molar-refractivity contribution >= 4 is 33.7 Å². The Labute approximate surface area is 237 Å². The molecule has 4 aromatic rings. The standard InChI is InChI=1S/C33H31NO7/c1-5-38-32(36)28-19(3)34-20(4)29(33(37)39-6-2)31(28)22-11-9-12-24(16-22)40-18-23-17-27(35)41-26-15-14-21-10-7-8-13-25(21)30(23)26/h7-17,31,34H,5-6,18H2,1-4H3. The molecule has 0 saturated heterocycles. The first-order valence-corrected chi connectivity index (χ1v) is 13.5. The number of hydrogen-bond acceptors (Lipinski definition) is 8. The van der Waals surface area contributed by atoms with Gasteiger partial charge >= 0.3 is 17.6 Å². The summed E-state index contributed by atoms with van der Waals surface area (Å²) in [5.74, 6) is -1.26. The van der Waals surface area contributed by atoms with E-state index in [-0.39, 0.29) is 19.8 Å². The molecule has 210 valence electrons. The van der Waals surface area contributed by atoms with E-state index in [9.17, 15) is 14.4 Å². The summed E-state index contributed by atoms with van der Waals surface area (Å²) in [6.45, 7) is 7.51. The summed E-state index contributed by atoms with van der Waals surface area (Å²) in [4.78, 5) is 38.6. The Morgan fingerprint density at radius 2 is 1.54 bits per heavy atom. The second kappa shape index (κ2) is 11.7. The molecule has 8 heteroatoms. The number of nitrogens with one attached hydrogen (secondary N) is 1. The van der Waals surface area contributed by atoms with E-state index in [1.807, 2.05) is 36.4 Å². The predicted molar refractivity (Wildman–Crippen MR) is 155 cm³/mol. The van der Waals surface area contributed by atoms with Crippen LogP contribution in [0.2, 0.25) is 0 Å². The van der Waals surface area contributed by atoms with Gasteiger partial charge in [0.1, 0.15) is 17.9 Å². The molecule has 2 heterocycles. The number of rotatable bonds is 8. The van der Waals surface area contributed by atoms with Crippen LogP contribution < -0.4 is 15.7 Å². The van der Waals surface area contributed by atoms with Crippen LogP contribution in [0.1, 0.15) is 44.7 Å². The summed E-state index contributed by atoms with van der Waals surface area (Å²) in [6, 6.07) is 20.2. The quantitative estimate of drug-likeness (QED) is 0.164. The largest absolute Gasteiger partial charge is 0.489 e. The first kappa shape index (κ1) is 27.7. The Kier molecular flexibility index (Phi) is 7.92. The predicted octanol–water partition coefficient (Wildman–Crippen LogP) is 5.89. The zero-order valence-corrected chi connectivity index (χ0v) is 23.4. The van der Waals surface area contributed by atoms with Crippen LogP contribution in [0, 0.1) is 0 Å². The van der Waals surface area contributed by atoms with Gasteiger partial charge in [-0.05, 0) is 62.2 Å². The summed E-state index contributed by atoms with van der Waals surface area (Å²) >= 11 is 0. The molecule has 1 aromatic heterocycles. The number of ether oxygens (including phenoxy) is 3. The zero-order chi connectivity index (χ0) is 29.1. The Balaban J connectivity index is 1.54. The lowest BCUT2D eigenvalue weighted by Gasteiger charge is -2.30. The number of carbonyl (C=O) groups is 2. The number of carbonyl (C=O) groups excluding carboxylic acids is 2. The molecule has 0 aliphatic carbocycles. The summed E-state index contributed by atoms with van der Waals surface area (Å²) < 4.78 is 22.4. The number of fused-ring (bicyclic) bond motifs is 3. The van der Waals surface area contributed by atoms with Gasteiger partial charge < -0.3 is 23.9 Å². The highest BCUT2D eigenvalue weighted by molar-refractivity contribution is 6.07. The second-order valence-electron chi connectivity index (χ2n) is 9.69. The summed E-state index contributed by atoms with van der Waals surface area (Å²) in [5, 5.41) is 5.93. The monoisotopic (exact) mass is 553 g/mol. The third-order valence-corrected chi connectivity index (χ3v) is 7.05. The Morgan fingerprint density at radius 3 is 2.22 bits per heavy atom. The minimum atomic E-state index is -0.730. The van der Waals surface area contributed by atoms with Gasteiger partial charge in [0, 0.05) is 28.4 Å². The normalized spacial score (nSPS) is 13.9. The maximum Gasteiger partial charge on any atom is 0.336 e. The number of dihydropyridines is 1. The summed E-state index contributed by atoms with van der Waals surface area (Å²) in [6.07, 6.45) is 0. The van der Waals surface area contributed by atoms with Crippen LogP contribution >= 0.6 is 0 Å². The highest BCUT2D eigenvalue weighted by Crippen LogP contribution is 2.40. The molecule has 8 nitrogen and oxygen atoms in total. The molecule has 0 unspecified atom stereocenters. The molecule has 0 saturated carbocycles. The lowest BCUT2D eigenvalue weighted by Crippen LogP contribution is -2.32. The Hall–Kier alpha value is -4.85. The molecule has 41 heavy (non-hydrogen) atoms. The van der Waals surface area contributed by atoms with E-state index >= 15 is 0 Å². The molecule has 0 radical (unpaired) electrons. The minimum absolute atomic E-state index is 0.102. The molecule has 0 spiro atoms. The van der Waals surface area contributed by atoms with Crippen LogP contribution in [0.4, 0.5) is 0 Å². The number of allylic oxidation sites excluding steroid dienone is 2. The lowest BCUT2D eigenvalue weighted by atomic mass is 9.80. The van der Waals surface area contributed by atoms with Crippen LogP contribution in [0.15, 0.2) is 98.5 Å². The average molecular weight is 554 g/mol. The van der Waals surface area contributed by atoms with Crippen molar-refractivity contribution in [3.8, 4) is 5.75 Å². The van der Waals surface area contributed by atoms with Gasteiger partial charge in [-0.3, -0.25) is 0 Å². The van der Waals surface area contributed by atoms with Crippen LogP contribution in [-0.2, 0) is 25.7 Å². The molecule has 0 fully saturated rings. The molecular weight excluding hydrogens is 522 g/mol. The van der Waals surface area contributed by atoms with E-state index in [1.165, 1.54) is 6.07 Å². The third-order valence-electron chi connectivity index (χ3n) is 7.05. The minimum Gasteiger partial charge on any atom is -0.489 e. The number of esters is 2. The van der Waals surface area contributed by atoms with Crippen molar-refractivity contribution in [3.63, 3.8) is 0 Å². The fourth-order valence-electron chi connectivity index (χ4n) is 5.37. The second-order valence-corrected chi connectivity index (χ2v) is 9.69. The van der Waals surface area contributed by atoms with Crippen LogP contribution in [0.3, 0.4) is 0 Å². The van der Waals surface area contributed by atoms with Crippen LogP contribution in [-0.4, -0.2) is 25.2 Å². The van der Waals surface area contributed by atoms with E-state index in [0.717, 1.165) is 16.2 Å². The first-order valence-electron chi connectivity index (χ1n) is 13.5. The van der Waals surface area contributed by atoms with E-state index in [2.05, 4.69) is 5.32 Å². The zero-order valence-electron chi connectivity index (χ0n) is 23.4.